The summed E-state index contributed by atoms with van der Waals surface area (Å²) >= 11 is 7.31. The van der Waals surface area contributed by atoms with Gasteiger partial charge in [0.2, 0.25) is 0 Å². The van der Waals surface area contributed by atoms with Crippen LogP contribution in [-0.2, 0) is 12.1 Å². The topological polar surface area (TPSA) is 48.5 Å². The molecule has 4 aliphatic carbocycles. The second-order valence-corrected chi connectivity index (χ2v) is 14.7. The third-order valence-electron chi connectivity index (χ3n) is 11.5. The summed E-state index contributed by atoms with van der Waals surface area (Å²) < 4.78 is 4.45. The van der Waals surface area contributed by atoms with Gasteiger partial charge in [-0.3, -0.25) is 9.25 Å². The first-order chi connectivity index (χ1) is 22.5. The predicted octanol–water partition coefficient (Wildman–Crippen LogP) is 9.31. The van der Waals surface area contributed by atoms with Crippen molar-refractivity contribution < 1.29 is 0 Å². The molecule has 10 rings (SSSR count). The van der Waals surface area contributed by atoms with Crippen molar-refractivity contribution in [1.82, 2.24) is 24.3 Å². The molecule has 0 radical (unpaired) electrons. The van der Waals surface area contributed by atoms with Gasteiger partial charge in [-0.25, -0.2) is 9.97 Å². The maximum absolute atomic E-state index is 7.31. The van der Waals surface area contributed by atoms with E-state index in [0.29, 0.717) is 16.0 Å². The van der Waals surface area contributed by atoms with Crippen LogP contribution in [-0.4, -0.2) is 24.3 Å². The molecule has 6 aromatic rings. The van der Waals surface area contributed by atoms with Gasteiger partial charge in [0.25, 0.3) is 0 Å². The van der Waals surface area contributed by atoms with Crippen molar-refractivity contribution in [3.8, 4) is 11.1 Å². The van der Waals surface area contributed by atoms with Gasteiger partial charge in [-0.1, -0.05) is 103 Å². The Labute approximate surface area is 275 Å². The van der Waals surface area contributed by atoms with Crippen LogP contribution in [0, 0.1) is 30.1 Å². The Bertz CT molecular complexity index is 1900. The minimum absolute atomic E-state index is 0.406. The van der Waals surface area contributed by atoms with Gasteiger partial charge in [0.1, 0.15) is 11.1 Å². The molecule has 0 saturated heterocycles. The lowest BCUT2D eigenvalue weighted by Crippen LogP contribution is -2.48. The third-order valence-corrected chi connectivity index (χ3v) is 11.9. The van der Waals surface area contributed by atoms with Crippen LogP contribution in [0.25, 0.3) is 22.3 Å². The van der Waals surface area contributed by atoms with E-state index in [4.69, 9.17) is 26.7 Å². The average Bonchev–Trinajstić information content (AvgIpc) is 3.66. The van der Waals surface area contributed by atoms with Crippen LogP contribution in [0.3, 0.4) is 0 Å². The zero-order valence-corrected chi connectivity index (χ0v) is 26.9. The van der Waals surface area contributed by atoms with E-state index >= 15 is 0 Å². The zero-order chi connectivity index (χ0) is 30.9. The van der Waals surface area contributed by atoms with Gasteiger partial charge in [-0.15, -0.1) is 0 Å². The zero-order valence-electron chi connectivity index (χ0n) is 26.2. The van der Waals surface area contributed by atoms with Crippen molar-refractivity contribution in [3.63, 3.8) is 0 Å². The highest BCUT2D eigenvalue weighted by molar-refractivity contribution is 6.37. The first-order valence-electron chi connectivity index (χ1n) is 16.8. The van der Waals surface area contributed by atoms with E-state index in [0.717, 1.165) is 63.5 Å². The first kappa shape index (κ1) is 28.0. The summed E-state index contributed by atoms with van der Waals surface area (Å²) in [6, 6.07) is 31.8. The van der Waals surface area contributed by atoms with Gasteiger partial charge in [0, 0.05) is 29.6 Å². The van der Waals surface area contributed by atoms with E-state index in [1.165, 1.54) is 38.5 Å². The minimum Gasteiger partial charge on any atom is -0.296 e. The summed E-state index contributed by atoms with van der Waals surface area (Å²) in [5.74, 6) is 2.77. The molecule has 6 heteroatoms. The second kappa shape index (κ2) is 10.7. The Morgan fingerprint density at radius 3 is 1.76 bits per heavy atom. The maximum Gasteiger partial charge on any atom is 0.162 e. The van der Waals surface area contributed by atoms with E-state index < -0.39 is 5.54 Å². The SMILES string of the molecule is Cc1c(-c2cnc3c(ncn3C(c3ccccc3)(c3ccccc3)c3ccccc3)c2Cl)cnn1CC12CC3CC(CC(C3)C1)C2. The van der Waals surface area contributed by atoms with Crippen molar-refractivity contribution >= 4 is 22.8 Å². The molecule has 0 aliphatic heterocycles. The molecule has 4 saturated carbocycles. The molecule has 3 aromatic carbocycles. The molecule has 0 spiro atoms. The standard InChI is InChI=1S/C40H38ClN5/c1-27-34(24-44-46(27)25-39-20-28-17-29(21-39)19-30(18-28)22-39)35-23-42-38-37(36(35)41)43-26-45(38)40(31-11-5-2-6-12-31,32-13-7-3-8-14-32)33-15-9-4-10-16-33/h2-16,23-24,26,28-30H,17-22,25H2,1H3. The van der Waals surface area contributed by atoms with Crippen molar-refractivity contribution in [3.05, 3.63) is 137 Å². The third kappa shape index (κ3) is 4.24. The van der Waals surface area contributed by atoms with Crippen LogP contribution in [0.5, 0.6) is 0 Å². The van der Waals surface area contributed by atoms with Crippen molar-refractivity contribution in [2.75, 3.05) is 0 Å². The number of rotatable bonds is 7. The van der Waals surface area contributed by atoms with Gasteiger partial charge in [-0.2, -0.15) is 5.10 Å². The monoisotopic (exact) mass is 623 g/mol. The lowest BCUT2D eigenvalue weighted by atomic mass is 9.49. The van der Waals surface area contributed by atoms with E-state index in [-0.39, 0.29) is 0 Å². The van der Waals surface area contributed by atoms with Gasteiger partial charge in [0.05, 0.1) is 17.5 Å². The van der Waals surface area contributed by atoms with E-state index in [1.807, 2.05) is 18.7 Å². The molecule has 46 heavy (non-hydrogen) atoms. The molecule has 5 nitrogen and oxygen atoms in total. The van der Waals surface area contributed by atoms with E-state index in [9.17, 15) is 0 Å². The van der Waals surface area contributed by atoms with Crippen LogP contribution in [0.1, 0.15) is 60.9 Å². The number of imidazole rings is 1. The largest absolute Gasteiger partial charge is 0.296 e. The molecule has 4 fully saturated rings. The Morgan fingerprint density at radius 2 is 1.24 bits per heavy atom. The first-order valence-corrected chi connectivity index (χ1v) is 17.1. The molecule has 4 aliphatic rings. The Morgan fingerprint density at radius 1 is 0.717 bits per heavy atom. The second-order valence-electron chi connectivity index (χ2n) is 14.3. The lowest BCUT2D eigenvalue weighted by molar-refractivity contribution is -0.0638. The van der Waals surface area contributed by atoms with E-state index in [1.54, 1.807) is 0 Å². The van der Waals surface area contributed by atoms with Crippen LogP contribution < -0.4 is 0 Å². The summed E-state index contributed by atoms with van der Waals surface area (Å²) in [6.07, 6.45) is 14.3. The Balaban J connectivity index is 1.16. The lowest BCUT2D eigenvalue weighted by Gasteiger charge is -2.56. The van der Waals surface area contributed by atoms with Crippen LogP contribution >= 0.6 is 11.6 Å². The normalized spacial score (nSPS) is 23.7. The molecule has 230 valence electrons. The molecule has 0 atom stereocenters. The summed E-state index contributed by atoms with van der Waals surface area (Å²) in [6.45, 7) is 3.20. The fraction of sp³-hybridized carbons (Fsp3) is 0.325. The van der Waals surface area contributed by atoms with Crippen LogP contribution in [0.2, 0.25) is 5.02 Å². The fourth-order valence-corrected chi connectivity index (χ4v) is 10.3. The number of fused-ring (bicyclic) bond motifs is 1. The number of pyridine rings is 1. The highest BCUT2D eigenvalue weighted by atomic mass is 35.5. The van der Waals surface area contributed by atoms with Crippen molar-refractivity contribution in [1.29, 1.82) is 0 Å². The molecule has 3 aromatic heterocycles. The quantitative estimate of drug-likeness (QED) is 0.167. The highest BCUT2D eigenvalue weighted by Gasteiger charge is 2.51. The predicted molar refractivity (Wildman–Crippen MR) is 184 cm³/mol. The Kier molecular flexibility index (Phi) is 6.50. The number of halogens is 1. The van der Waals surface area contributed by atoms with Crippen LogP contribution in [0.4, 0.5) is 0 Å². The minimum atomic E-state index is -0.713. The van der Waals surface area contributed by atoms with Gasteiger partial charge in [-0.05, 0) is 85.3 Å². The van der Waals surface area contributed by atoms with Gasteiger partial charge in [0.15, 0.2) is 5.65 Å². The van der Waals surface area contributed by atoms with Gasteiger partial charge >= 0.3 is 0 Å². The number of hydrogen-bond donors (Lipinski definition) is 0. The fourth-order valence-electron chi connectivity index (χ4n) is 9.99. The van der Waals surface area contributed by atoms with E-state index in [2.05, 4.69) is 107 Å². The molecule has 3 heterocycles. The molecule has 0 amide bonds. The summed E-state index contributed by atoms with van der Waals surface area (Å²) in [5.41, 5.74) is 7.58. The molecular weight excluding hydrogens is 586 g/mol. The summed E-state index contributed by atoms with van der Waals surface area (Å²) in [7, 11) is 0. The number of benzene rings is 3. The van der Waals surface area contributed by atoms with Gasteiger partial charge < -0.3 is 0 Å². The summed E-state index contributed by atoms with van der Waals surface area (Å²) in [5, 5.41) is 5.57. The molecule has 0 unspecified atom stereocenters. The number of nitrogens with zero attached hydrogens (tertiary/aromatic N) is 5. The smallest absolute Gasteiger partial charge is 0.162 e. The highest BCUT2D eigenvalue weighted by Crippen LogP contribution is 2.60. The molecule has 0 N–H and O–H groups in total. The van der Waals surface area contributed by atoms with Crippen molar-refractivity contribution in [2.24, 2.45) is 23.2 Å². The maximum atomic E-state index is 7.31. The molecular formula is C40H38ClN5. The number of hydrogen-bond acceptors (Lipinski definition) is 3. The van der Waals surface area contributed by atoms with Crippen LogP contribution in [0.15, 0.2) is 110 Å². The average molecular weight is 624 g/mol. The Hall–Kier alpha value is -4.22. The van der Waals surface area contributed by atoms with Crippen molar-refractivity contribution in [2.45, 2.75) is 57.5 Å². The number of aromatic nitrogens is 5. The summed E-state index contributed by atoms with van der Waals surface area (Å²) in [4.78, 5) is 10.1. The molecule has 4 bridgehead atoms.